The molecule has 0 bridgehead atoms. The molecule has 1 atom stereocenters. The van der Waals surface area contributed by atoms with Gasteiger partial charge in [0.05, 0.1) is 11.1 Å². The average molecular weight is 519 g/mol. The number of nitrogens with zero attached hydrogens (tertiary/aromatic N) is 2. The van der Waals surface area contributed by atoms with Crippen molar-refractivity contribution in [2.45, 2.75) is 46.6 Å². The highest BCUT2D eigenvalue weighted by Crippen LogP contribution is 2.32. The second kappa shape index (κ2) is 10.4. The molecule has 8 heteroatoms. The van der Waals surface area contributed by atoms with Crippen molar-refractivity contribution in [2.24, 2.45) is 5.92 Å². The maximum absolute atomic E-state index is 13.4. The third kappa shape index (κ3) is 4.90. The molecule has 1 aliphatic rings. The lowest BCUT2D eigenvalue weighted by molar-refractivity contribution is -0.0498. The van der Waals surface area contributed by atoms with Gasteiger partial charge < -0.3 is 14.0 Å². The highest BCUT2D eigenvalue weighted by molar-refractivity contribution is 6.06. The smallest absolute Gasteiger partial charge is 0.387 e. The van der Waals surface area contributed by atoms with Crippen LogP contribution in [-0.4, -0.2) is 34.5 Å². The first-order valence-electron chi connectivity index (χ1n) is 12.6. The SMILES string of the molecule is Cc1cc(C(=O)COC(=O)c2c3c(nc4ccccc24)CC[C@@H](C)C3)c(C)n1-c1ccc(OC(F)F)cc1. The summed E-state index contributed by atoms with van der Waals surface area (Å²) in [5.74, 6) is -0.364. The van der Waals surface area contributed by atoms with E-state index in [0.29, 0.717) is 28.4 Å². The normalized spacial score (nSPS) is 14.9. The lowest BCUT2D eigenvalue weighted by Gasteiger charge is -2.24. The first-order chi connectivity index (χ1) is 18.2. The number of hydrogen-bond acceptors (Lipinski definition) is 5. The Kier molecular flexibility index (Phi) is 6.97. The molecule has 0 radical (unpaired) electrons. The van der Waals surface area contributed by atoms with E-state index in [9.17, 15) is 18.4 Å². The number of pyridine rings is 1. The predicted molar refractivity (Wildman–Crippen MR) is 139 cm³/mol. The molecule has 1 aliphatic carbocycles. The Morgan fingerprint density at radius 3 is 2.58 bits per heavy atom. The Morgan fingerprint density at radius 1 is 1.11 bits per heavy atom. The molecule has 38 heavy (non-hydrogen) atoms. The number of hydrogen-bond donors (Lipinski definition) is 0. The third-order valence-corrected chi connectivity index (χ3v) is 7.10. The summed E-state index contributed by atoms with van der Waals surface area (Å²) >= 11 is 0. The van der Waals surface area contributed by atoms with E-state index in [-0.39, 0.29) is 11.5 Å². The van der Waals surface area contributed by atoms with E-state index < -0.39 is 19.2 Å². The number of Topliss-reactive ketones (excluding diaryl/α,β-unsaturated/α-hetero) is 1. The molecule has 0 aliphatic heterocycles. The second-order valence-electron chi connectivity index (χ2n) is 9.77. The Morgan fingerprint density at radius 2 is 1.84 bits per heavy atom. The van der Waals surface area contributed by atoms with E-state index in [0.717, 1.165) is 47.1 Å². The quantitative estimate of drug-likeness (QED) is 0.209. The highest BCUT2D eigenvalue weighted by Gasteiger charge is 2.27. The van der Waals surface area contributed by atoms with Crippen LogP contribution in [0.5, 0.6) is 5.75 Å². The summed E-state index contributed by atoms with van der Waals surface area (Å²) in [6.07, 6.45) is 2.57. The van der Waals surface area contributed by atoms with Crippen LogP contribution in [0.15, 0.2) is 54.6 Å². The molecule has 0 fully saturated rings. The van der Waals surface area contributed by atoms with Gasteiger partial charge in [0.1, 0.15) is 5.75 Å². The fourth-order valence-electron chi connectivity index (χ4n) is 5.30. The Bertz CT molecular complexity index is 1530. The van der Waals surface area contributed by atoms with Gasteiger partial charge in [-0.15, -0.1) is 0 Å². The van der Waals surface area contributed by atoms with Crippen LogP contribution in [0.25, 0.3) is 16.6 Å². The molecule has 5 rings (SSSR count). The summed E-state index contributed by atoms with van der Waals surface area (Å²) in [4.78, 5) is 31.3. The van der Waals surface area contributed by atoms with E-state index in [1.165, 1.54) is 12.1 Å². The van der Waals surface area contributed by atoms with E-state index in [4.69, 9.17) is 9.72 Å². The summed E-state index contributed by atoms with van der Waals surface area (Å²) in [7, 11) is 0. The average Bonchev–Trinajstić information content (AvgIpc) is 3.19. The standard InChI is InChI=1S/C30H28F2N2O4/c1-17-8-13-26-24(14-17)28(22-6-4-5-7-25(22)33-26)29(36)37-16-27(35)23-15-18(2)34(19(23)3)20-9-11-21(12-10-20)38-30(31)32/h4-7,9-12,15,17,30H,8,13-14,16H2,1-3H3/t17-/m1/s1. The minimum Gasteiger partial charge on any atom is -0.454 e. The zero-order chi connectivity index (χ0) is 27.0. The number of para-hydroxylation sites is 1. The molecular weight excluding hydrogens is 490 g/mol. The van der Waals surface area contributed by atoms with Gasteiger partial charge in [0.15, 0.2) is 6.61 Å². The van der Waals surface area contributed by atoms with Crippen LogP contribution < -0.4 is 4.74 Å². The number of benzene rings is 2. The Hall–Kier alpha value is -4.07. The van der Waals surface area contributed by atoms with Crippen molar-refractivity contribution in [1.29, 1.82) is 0 Å². The van der Waals surface area contributed by atoms with E-state index in [1.807, 2.05) is 35.8 Å². The number of carbonyl (C=O) groups is 2. The van der Waals surface area contributed by atoms with Gasteiger partial charge in [-0.3, -0.25) is 9.78 Å². The van der Waals surface area contributed by atoms with Crippen molar-refractivity contribution in [3.8, 4) is 11.4 Å². The van der Waals surface area contributed by atoms with Crippen molar-refractivity contribution in [3.63, 3.8) is 0 Å². The largest absolute Gasteiger partial charge is 0.454 e. The first-order valence-corrected chi connectivity index (χ1v) is 12.6. The molecule has 2 aromatic carbocycles. The fraction of sp³-hybridized carbons (Fsp3) is 0.300. The number of ketones is 1. The summed E-state index contributed by atoms with van der Waals surface area (Å²) in [6, 6.07) is 15.4. The maximum atomic E-state index is 13.4. The highest BCUT2D eigenvalue weighted by atomic mass is 19.3. The number of aryl methyl sites for hydroxylation is 2. The molecule has 2 heterocycles. The van der Waals surface area contributed by atoms with Gasteiger partial charge in [-0.25, -0.2) is 4.79 Å². The number of halogens is 2. The molecule has 0 spiro atoms. The lowest BCUT2D eigenvalue weighted by Crippen LogP contribution is -2.21. The number of esters is 1. The van der Waals surface area contributed by atoms with Crippen LogP contribution >= 0.6 is 0 Å². The summed E-state index contributed by atoms with van der Waals surface area (Å²) in [6.45, 7) is 2.49. The molecule has 0 saturated heterocycles. The summed E-state index contributed by atoms with van der Waals surface area (Å²) < 4.78 is 36.8. The lowest BCUT2D eigenvalue weighted by atomic mass is 9.84. The molecule has 6 nitrogen and oxygen atoms in total. The van der Waals surface area contributed by atoms with Crippen molar-refractivity contribution >= 4 is 22.7 Å². The molecule has 0 unspecified atom stereocenters. The third-order valence-electron chi connectivity index (χ3n) is 7.10. The van der Waals surface area contributed by atoms with Gasteiger partial charge in [-0.05, 0) is 81.0 Å². The van der Waals surface area contributed by atoms with Crippen molar-refractivity contribution in [3.05, 3.63) is 88.4 Å². The Balaban J connectivity index is 1.38. The van der Waals surface area contributed by atoms with Gasteiger partial charge in [0.25, 0.3) is 0 Å². The molecule has 0 saturated carbocycles. The van der Waals surface area contributed by atoms with Gasteiger partial charge >= 0.3 is 12.6 Å². The number of fused-ring (bicyclic) bond motifs is 2. The molecule has 0 amide bonds. The second-order valence-corrected chi connectivity index (χ2v) is 9.77. The van der Waals surface area contributed by atoms with Crippen LogP contribution in [-0.2, 0) is 17.6 Å². The van der Waals surface area contributed by atoms with Gasteiger partial charge in [0, 0.05) is 33.7 Å². The molecule has 2 aromatic heterocycles. The van der Waals surface area contributed by atoms with Crippen molar-refractivity contribution in [2.75, 3.05) is 6.61 Å². The number of rotatable bonds is 7. The monoisotopic (exact) mass is 518 g/mol. The number of ether oxygens (including phenoxy) is 2. The molecular formula is C30H28F2N2O4. The molecule has 0 N–H and O–H groups in total. The minimum absolute atomic E-state index is 0.0506. The zero-order valence-corrected chi connectivity index (χ0v) is 21.5. The molecule has 196 valence electrons. The van der Waals surface area contributed by atoms with Crippen LogP contribution in [0.4, 0.5) is 8.78 Å². The topological polar surface area (TPSA) is 70.4 Å². The number of alkyl halides is 2. The first kappa shape index (κ1) is 25.6. The van der Waals surface area contributed by atoms with Gasteiger partial charge in [-0.1, -0.05) is 25.1 Å². The van der Waals surface area contributed by atoms with E-state index in [2.05, 4.69) is 11.7 Å². The van der Waals surface area contributed by atoms with E-state index >= 15 is 0 Å². The maximum Gasteiger partial charge on any atom is 0.387 e. The zero-order valence-electron chi connectivity index (χ0n) is 21.5. The predicted octanol–water partition coefficient (Wildman–Crippen LogP) is 6.41. The summed E-state index contributed by atoms with van der Waals surface area (Å²) in [5.41, 5.74) is 5.65. The minimum atomic E-state index is -2.90. The van der Waals surface area contributed by atoms with Crippen LogP contribution in [0.2, 0.25) is 0 Å². The van der Waals surface area contributed by atoms with Crippen LogP contribution in [0.1, 0.15) is 56.7 Å². The Labute approximate surface area is 219 Å². The molecule has 4 aromatic rings. The van der Waals surface area contributed by atoms with Gasteiger partial charge in [-0.2, -0.15) is 8.78 Å². The fourth-order valence-corrected chi connectivity index (χ4v) is 5.30. The number of aromatic nitrogens is 2. The van der Waals surface area contributed by atoms with Crippen molar-refractivity contribution < 1.29 is 27.8 Å². The van der Waals surface area contributed by atoms with Gasteiger partial charge in [0.2, 0.25) is 5.78 Å². The van der Waals surface area contributed by atoms with Crippen molar-refractivity contribution in [1.82, 2.24) is 9.55 Å². The number of carbonyl (C=O) groups excluding carboxylic acids is 2. The van der Waals surface area contributed by atoms with Crippen LogP contribution in [0, 0.1) is 19.8 Å². The van der Waals surface area contributed by atoms with Crippen LogP contribution in [0.3, 0.4) is 0 Å². The van der Waals surface area contributed by atoms with E-state index in [1.54, 1.807) is 25.1 Å². The summed E-state index contributed by atoms with van der Waals surface area (Å²) in [5, 5.41) is 0.732.